The van der Waals surface area contributed by atoms with Gasteiger partial charge < -0.3 is 9.30 Å². The van der Waals surface area contributed by atoms with E-state index in [9.17, 15) is 0 Å². The first-order valence-electron chi connectivity index (χ1n) is 8.74. The van der Waals surface area contributed by atoms with Gasteiger partial charge in [-0.25, -0.2) is 0 Å². The lowest BCUT2D eigenvalue weighted by Crippen LogP contribution is -2.37. The van der Waals surface area contributed by atoms with Crippen LogP contribution in [0.25, 0.3) is 0 Å². The fraction of sp³-hybridized carbons (Fsp3) is 0.875. The summed E-state index contributed by atoms with van der Waals surface area (Å²) in [5.74, 6) is 2.95. The summed E-state index contributed by atoms with van der Waals surface area (Å²) in [5.41, 5.74) is 0. The van der Waals surface area contributed by atoms with Gasteiger partial charge in [-0.2, -0.15) is 0 Å². The van der Waals surface area contributed by atoms with Gasteiger partial charge >= 0.3 is 0 Å². The van der Waals surface area contributed by atoms with Crippen LogP contribution in [0.3, 0.4) is 0 Å². The van der Waals surface area contributed by atoms with Gasteiger partial charge in [0, 0.05) is 37.8 Å². The Labute approximate surface area is 137 Å². The molecule has 124 valence electrons. The Morgan fingerprint density at radius 2 is 1.91 bits per heavy atom. The lowest BCUT2D eigenvalue weighted by molar-refractivity contribution is 0.0410. The molecule has 2 fully saturated rings. The molecule has 6 heteroatoms. The van der Waals surface area contributed by atoms with E-state index in [0.717, 1.165) is 50.3 Å². The normalized spacial score (nSPS) is 21.3. The molecule has 5 nitrogen and oxygen atoms in total. The number of aromatic nitrogens is 3. The molecule has 1 aliphatic carbocycles. The molecule has 0 bridgehead atoms. The highest BCUT2D eigenvalue weighted by atomic mass is 32.2. The fourth-order valence-corrected chi connectivity index (χ4v) is 4.47. The molecule has 2 heterocycles. The largest absolute Gasteiger partial charge is 0.379 e. The molecular formula is C16H28N4OS. The van der Waals surface area contributed by atoms with Crippen molar-refractivity contribution in [3.05, 3.63) is 5.82 Å². The molecule has 0 spiro atoms. The molecule has 2 aliphatic rings. The molecule has 1 aromatic heterocycles. The maximum Gasteiger partial charge on any atom is 0.191 e. The standard InChI is InChI=1S/C16H28N4OS/c1-2-20-15(14-6-4-3-5-7-14)17-18-16(20)22-13-10-19-8-11-21-12-9-19/h14H,2-13H2,1H3. The van der Waals surface area contributed by atoms with Crippen molar-refractivity contribution in [1.82, 2.24) is 19.7 Å². The third-order valence-corrected chi connectivity index (χ3v) is 5.72. The summed E-state index contributed by atoms with van der Waals surface area (Å²) < 4.78 is 7.74. The van der Waals surface area contributed by atoms with Crippen LogP contribution in [-0.2, 0) is 11.3 Å². The summed E-state index contributed by atoms with van der Waals surface area (Å²) in [6.45, 7) is 8.19. The second kappa shape index (κ2) is 8.31. The second-order valence-electron chi connectivity index (χ2n) is 6.22. The van der Waals surface area contributed by atoms with Gasteiger partial charge in [0.1, 0.15) is 5.82 Å². The van der Waals surface area contributed by atoms with Gasteiger partial charge in [-0.15, -0.1) is 10.2 Å². The summed E-state index contributed by atoms with van der Waals surface area (Å²) >= 11 is 1.86. The highest BCUT2D eigenvalue weighted by Crippen LogP contribution is 2.33. The molecule has 1 saturated carbocycles. The Hall–Kier alpha value is -0.590. The van der Waals surface area contributed by atoms with Crippen molar-refractivity contribution in [3.63, 3.8) is 0 Å². The Balaban J connectivity index is 1.55. The molecule has 1 aliphatic heterocycles. The van der Waals surface area contributed by atoms with Crippen LogP contribution in [0.2, 0.25) is 0 Å². The van der Waals surface area contributed by atoms with Crippen LogP contribution in [0.5, 0.6) is 0 Å². The first-order valence-corrected chi connectivity index (χ1v) is 9.73. The first kappa shape index (κ1) is 16.3. The van der Waals surface area contributed by atoms with Gasteiger partial charge in [-0.1, -0.05) is 31.0 Å². The van der Waals surface area contributed by atoms with Crippen LogP contribution in [-0.4, -0.2) is 58.3 Å². The lowest BCUT2D eigenvalue weighted by Gasteiger charge is -2.26. The Bertz CT molecular complexity index is 453. The number of hydrogen-bond acceptors (Lipinski definition) is 5. The molecule has 0 aromatic carbocycles. The second-order valence-corrected chi connectivity index (χ2v) is 7.28. The van der Waals surface area contributed by atoms with Crippen LogP contribution < -0.4 is 0 Å². The average molecular weight is 324 g/mol. The Morgan fingerprint density at radius 3 is 2.64 bits per heavy atom. The third kappa shape index (κ3) is 4.03. The third-order valence-electron chi connectivity index (χ3n) is 4.77. The van der Waals surface area contributed by atoms with E-state index >= 15 is 0 Å². The summed E-state index contributed by atoms with van der Waals surface area (Å²) in [6, 6.07) is 0. The number of hydrogen-bond donors (Lipinski definition) is 0. The summed E-state index contributed by atoms with van der Waals surface area (Å²) in [7, 11) is 0. The molecule has 0 atom stereocenters. The van der Waals surface area contributed by atoms with Gasteiger partial charge in [0.25, 0.3) is 0 Å². The van der Waals surface area contributed by atoms with E-state index in [1.54, 1.807) is 0 Å². The van der Waals surface area contributed by atoms with E-state index in [4.69, 9.17) is 4.74 Å². The van der Waals surface area contributed by atoms with Crippen molar-refractivity contribution in [2.45, 2.75) is 56.6 Å². The van der Waals surface area contributed by atoms with Gasteiger partial charge in [0.2, 0.25) is 0 Å². The van der Waals surface area contributed by atoms with Gasteiger partial charge in [0.15, 0.2) is 5.16 Å². The lowest BCUT2D eigenvalue weighted by atomic mass is 9.89. The number of thioether (sulfide) groups is 1. The SMILES string of the molecule is CCn1c(SCCN2CCOCC2)nnc1C1CCCCC1. The number of morpholine rings is 1. The van der Waals surface area contributed by atoms with E-state index in [2.05, 4.69) is 26.6 Å². The smallest absolute Gasteiger partial charge is 0.191 e. The molecule has 0 amide bonds. The minimum Gasteiger partial charge on any atom is -0.379 e. The Kier molecular flexibility index (Phi) is 6.15. The predicted molar refractivity (Wildman–Crippen MR) is 89.5 cm³/mol. The predicted octanol–water partition coefficient (Wildman–Crippen LogP) is 2.77. The zero-order valence-corrected chi connectivity index (χ0v) is 14.5. The molecule has 1 saturated heterocycles. The number of ether oxygens (including phenoxy) is 1. The van der Waals surface area contributed by atoms with E-state index in [1.165, 1.54) is 37.9 Å². The van der Waals surface area contributed by atoms with E-state index in [-0.39, 0.29) is 0 Å². The van der Waals surface area contributed by atoms with Gasteiger partial charge in [-0.3, -0.25) is 4.90 Å². The van der Waals surface area contributed by atoms with E-state index < -0.39 is 0 Å². The minimum atomic E-state index is 0.634. The topological polar surface area (TPSA) is 43.2 Å². The number of rotatable bonds is 6. The first-order chi connectivity index (χ1) is 10.9. The summed E-state index contributed by atoms with van der Waals surface area (Å²) in [5, 5.41) is 10.1. The quantitative estimate of drug-likeness (QED) is 0.753. The van der Waals surface area contributed by atoms with Crippen molar-refractivity contribution in [2.75, 3.05) is 38.6 Å². The molecule has 0 radical (unpaired) electrons. The zero-order chi connectivity index (χ0) is 15.2. The molecule has 1 aromatic rings. The minimum absolute atomic E-state index is 0.634. The van der Waals surface area contributed by atoms with Crippen LogP contribution in [0, 0.1) is 0 Å². The van der Waals surface area contributed by atoms with Crippen molar-refractivity contribution < 1.29 is 4.74 Å². The van der Waals surface area contributed by atoms with Crippen LogP contribution in [0.1, 0.15) is 50.8 Å². The zero-order valence-electron chi connectivity index (χ0n) is 13.7. The summed E-state index contributed by atoms with van der Waals surface area (Å²) in [4.78, 5) is 2.48. The molecule has 0 unspecified atom stereocenters. The van der Waals surface area contributed by atoms with E-state index in [1.807, 2.05) is 11.8 Å². The highest BCUT2D eigenvalue weighted by Gasteiger charge is 2.22. The van der Waals surface area contributed by atoms with Crippen molar-refractivity contribution in [1.29, 1.82) is 0 Å². The number of nitrogens with zero attached hydrogens (tertiary/aromatic N) is 4. The van der Waals surface area contributed by atoms with Crippen molar-refractivity contribution in [2.24, 2.45) is 0 Å². The molecule has 3 rings (SSSR count). The Morgan fingerprint density at radius 1 is 1.14 bits per heavy atom. The van der Waals surface area contributed by atoms with Crippen LogP contribution >= 0.6 is 11.8 Å². The van der Waals surface area contributed by atoms with Crippen LogP contribution in [0.4, 0.5) is 0 Å². The fourth-order valence-electron chi connectivity index (χ4n) is 3.46. The van der Waals surface area contributed by atoms with E-state index in [0.29, 0.717) is 5.92 Å². The maximum atomic E-state index is 5.40. The van der Waals surface area contributed by atoms with Crippen molar-refractivity contribution in [3.8, 4) is 0 Å². The van der Waals surface area contributed by atoms with Crippen molar-refractivity contribution >= 4 is 11.8 Å². The van der Waals surface area contributed by atoms with Gasteiger partial charge in [-0.05, 0) is 19.8 Å². The molecule has 22 heavy (non-hydrogen) atoms. The van der Waals surface area contributed by atoms with Gasteiger partial charge in [0.05, 0.1) is 13.2 Å². The molecular weight excluding hydrogens is 296 g/mol. The average Bonchev–Trinajstić information content (AvgIpc) is 2.99. The van der Waals surface area contributed by atoms with Crippen LogP contribution in [0.15, 0.2) is 5.16 Å². The maximum absolute atomic E-state index is 5.40. The summed E-state index contributed by atoms with van der Waals surface area (Å²) in [6.07, 6.45) is 6.66. The molecule has 0 N–H and O–H groups in total. The highest BCUT2D eigenvalue weighted by molar-refractivity contribution is 7.99. The monoisotopic (exact) mass is 324 g/mol.